The fraction of sp³-hybridized carbons (Fsp3) is 1.00. The first-order valence-electron chi connectivity index (χ1n) is 10.7. The van der Waals surface area contributed by atoms with Crippen molar-refractivity contribution in [1.82, 2.24) is 4.90 Å². The van der Waals surface area contributed by atoms with Gasteiger partial charge in [-0.15, -0.1) is 0 Å². The molecule has 0 fully saturated rings. The number of nitrogens with two attached hydrogens (primary N) is 1. The van der Waals surface area contributed by atoms with E-state index in [4.69, 9.17) is 5.73 Å². The Morgan fingerprint density at radius 1 is 0.522 bits per heavy atom. The fourth-order valence-electron chi connectivity index (χ4n) is 3.26. The first-order valence-corrected chi connectivity index (χ1v) is 10.7. The molecule has 0 atom stereocenters. The zero-order chi connectivity index (χ0) is 17.0. The van der Waals surface area contributed by atoms with Gasteiger partial charge in [0.05, 0.1) is 0 Å². The van der Waals surface area contributed by atoms with Gasteiger partial charge in [-0.1, -0.05) is 103 Å². The van der Waals surface area contributed by atoms with Gasteiger partial charge in [-0.05, 0) is 20.0 Å². The summed E-state index contributed by atoms with van der Waals surface area (Å²) in [5.41, 5.74) is 5.55. The molecule has 2 heteroatoms. The third kappa shape index (κ3) is 19.9. The van der Waals surface area contributed by atoms with E-state index in [1.807, 2.05) is 0 Å². The quantitative estimate of drug-likeness (QED) is 0.289. The van der Waals surface area contributed by atoms with Crippen LogP contribution in [0, 0.1) is 0 Å². The van der Waals surface area contributed by atoms with Gasteiger partial charge < -0.3 is 10.6 Å². The highest BCUT2D eigenvalue weighted by atomic mass is 15.1. The lowest BCUT2D eigenvalue weighted by Gasteiger charge is -2.14. The van der Waals surface area contributed by atoms with Crippen molar-refractivity contribution >= 4 is 0 Å². The van der Waals surface area contributed by atoms with E-state index in [0.717, 1.165) is 13.1 Å². The summed E-state index contributed by atoms with van der Waals surface area (Å²) in [6.45, 7) is 5.34. The van der Waals surface area contributed by atoms with Gasteiger partial charge in [-0.25, -0.2) is 0 Å². The molecule has 140 valence electrons. The molecule has 0 rings (SSSR count). The largest absolute Gasteiger partial charge is 0.329 e. The molecular weight excluding hydrogens is 280 g/mol. The minimum Gasteiger partial charge on any atom is -0.329 e. The van der Waals surface area contributed by atoms with Crippen molar-refractivity contribution in [3.05, 3.63) is 0 Å². The van der Waals surface area contributed by atoms with Crippen LogP contribution in [-0.2, 0) is 0 Å². The Bertz CT molecular complexity index is 206. The SMILES string of the molecule is CCCCCCCCCCCCCCCCCCN(C)CCN. The molecule has 0 aromatic rings. The van der Waals surface area contributed by atoms with Crippen molar-refractivity contribution in [1.29, 1.82) is 0 Å². The van der Waals surface area contributed by atoms with E-state index in [1.54, 1.807) is 0 Å². The van der Waals surface area contributed by atoms with Crippen molar-refractivity contribution < 1.29 is 0 Å². The molecule has 0 aromatic heterocycles. The average molecular weight is 327 g/mol. The highest BCUT2D eigenvalue weighted by molar-refractivity contribution is 4.53. The molecule has 0 heterocycles. The summed E-state index contributed by atoms with van der Waals surface area (Å²) >= 11 is 0. The van der Waals surface area contributed by atoms with Crippen LogP contribution in [0.4, 0.5) is 0 Å². The van der Waals surface area contributed by atoms with Crippen molar-refractivity contribution in [3.8, 4) is 0 Å². The Morgan fingerprint density at radius 3 is 1.22 bits per heavy atom. The van der Waals surface area contributed by atoms with E-state index in [1.165, 1.54) is 109 Å². The van der Waals surface area contributed by atoms with E-state index in [9.17, 15) is 0 Å². The number of hydrogen-bond acceptors (Lipinski definition) is 2. The standard InChI is InChI=1S/C21H46N2/c1-3-4-5-6-7-8-9-10-11-12-13-14-15-16-17-18-20-23(2)21-19-22/h3-22H2,1-2H3. The third-order valence-electron chi connectivity index (χ3n) is 4.90. The molecule has 0 radical (unpaired) electrons. The Labute approximate surface area is 147 Å². The monoisotopic (exact) mass is 326 g/mol. The van der Waals surface area contributed by atoms with E-state index in [-0.39, 0.29) is 0 Å². The lowest BCUT2D eigenvalue weighted by Crippen LogP contribution is -2.26. The highest BCUT2D eigenvalue weighted by Crippen LogP contribution is 2.13. The third-order valence-corrected chi connectivity index (χ3v) is 4.90. The second-order valence-electron chi connectivity index (χ2n) is 7.40. The van der Waals surface area contributed by atoms with Crippen LogP contribution in [0.3, 0.4) is 0 Å². The molecule has 0 aromatic carbocycles. The van der Waals surface area contributed by atoms with Crippen LogP contribution < -0.4 is 5.73 Å². The topological polar surface area (TPSA) is 29.3 Å². The molecule has 0 aliphatic rings. The second kappa shape index (κ2) is 20.0. The molecule has 2 nitrogen and oxygen atoms in total. The molecule has 0 aliphatic carbocycles. The maximum Gasteiger partial charge on any atom is 0.0102 e. The summed E-state index contributed by atoms with van der Waals surface area (Å²) in [5, 5.41) is 0. The Kier molecular flexibility index (Phi) is 19.9. The summed E-state index contributed by atoms with van der Waals surface area (Å²) in [6, 6.07) is 0. The lowest BCUT2D eigenvalue weighted by atomic mass is 10.0. The van der Waals surface area contributed by atoms with Crippen LogP contribution in [0.25, 0.3) is 0 Å². The van der Waals surface area contributed by atoms with Crippen LogP contribution in [0.1, 0.15) is 110 Å². The number of hydrogen-bond donors (Lipinski definition) is 1. The number of unbranched alkanes of at least 4 members (excludes halogenated alkanes) is 15. The first kappa shape index (κ1) is 22.9. The highest BCUT2D eigenvalue weighted by Gasteiger charge is 1.97. The molecule has 2 N–H and O–H groups in total. The predicted molar refractivity (Wildman–Crippen MR) is 106 cm³/mol. The Morgan fingerprint density at radius 2 is 0.870 bits per heavy atom. The van der Waals surface area contributed by atoms with Crippen molar-refractivity contribution in [2.24, 2.45) is 5.73 Å². The van der Waals surface area contributed by atoms with E-state index in [2.05, 4.69) is 18.9 Å². The molecule has 0 spiro atoms. The maximum absolute atomic E-state index is 5.55. The molecule has 0 bridgehead atoms. The van der Waals surface area contributed by atoms with Crippen LogP contribution in [0.15, 0.2) is 0 Å². The molecule has 0 saturated heterocycles. The van der Waals surface area contributed by atoms with Crippen LogP contribution in [-0.4, -0.2) is 31.6 Å². The molecule has 0 amide bonds. The summed E-state index contributed by atoms with van der Waals surface area (Å²) in [5.74, 6) is 0. The second-order valence-corrected chi connectivity index (χ2v) is 7.40. The zero-order valence-electron chi connectivity index (χ0n) is 16.5. The normalized spacial score (nSPS) is 11.5. The molecular formula is C21H46N2. The van der Waals surface area contributed by atoms with Gasteiger partial charge in [0.2, 0.25) is 0 Å². The Hall–Kier alpha value is -0.0800. The van der Waals surface area contributed by atoms with Gasteiger partial charge in [-0.2, -0.15) is 0 Å². The minimum atomic E-state index is 0.787. The van der Waals surface area contributed by atoms with Gasteiger partial charge in [0, 0.05) is 13.1 Å². The van der Waals surface area contributed by atoms with E-state index in [0.29, 0.717) is 0 Å². The predicted octanol–water partition coefficient (Wildman–Crippen LogP) is 6.14. The van der Waals surface area contributed by atoms with Crippen LogP contribution in [0.2, 0.25) is 0 Å². The molecule has 0 unspecified atom stereocenters. The van der Waals surface area contributed by atoms with Gasteiger partial charge in [0.1, 0.15) is 0 Å². The van der Waals surface area contributed by atoms with Crippen molar-refractivity contribution in [2.75, 3.05) is 26.7 Å². The first-order chi connectivity index (χ1) is 11.3. The van der Waals surface area contributed by atoms with Gasteiger partial charge in [0.25, 0.3) is 0 Å². The maximum atomic E-state index is 5.55. The average Bonchev–Trinajstić information content (AvgIpc) is 2.54. The van der Waals surface area contributed by atoms with E-state index < -0.39 is 0 Å². The van der Waals surface area contributed by atoms with Crippen molar-refractivity contribution in [2.45, 2.75) is 110 Å². The fourth-order valence-corrected chi connectivity index (χ4v) is 3.26. The molecule has 0 saturated carbocycles. The number of nitrogens with zero attached hydrogens (tertiary/aromatic N) is 1. The van der Waals surface area contributed by atoms with Gasteiger partial charge >= 0.3 is 0 Å². The molecule has 23 heavy (non-hydrogen) atoms. The van der Waals surface area contributed by atoms with Gasteiger partial charge in [0.15, 0.2) is 0 Å². The van der Waals surface area contributed by atoms with E-state index >= 15 is 0 Å². The van der Waals surface area contributed by atoms with Crippen LogP contribution in [0.5, 0.6) is 0 Å². The number of rotatable bonds is 19. The molecule has 0 aliphatic heterocycles. The lowest BCUT2D eigenvalue weighted by molar-refractivity contribution is 0.332. The summed E-state index contributed by atoms with van der Waals surface area (Å²) < 4.78 is 0. The number of likely N-dealkylation sites (N-methyl/N-ethyl adjacent to an activating group) is 1. The smallest absolute Gasteiger partial charge is 0.0102 e. The summed E-state index contributed by atoms with van der Waals surface area (Å²) in [4.78, 5) is 2.35. The zero-order valence-corrected chi connectivity index (χ0v) is 16.5. The summed E-state index contributed by atoms with van der Waals surface area (Å²) in [6.07, 6.45) is 23.1. The van der Waals surface area contributed by atoms with Crippen molar-refractivity contribution in [3.63, 3.8) is 0 Å². The van der Waals surface area contributed by atoms with Crippen LogP contribution >= 0.6 is 0 Å². The minimum absolute atomic E-state index is 0.787. The van der Waals surface area contributed by atoms with Gasteiger partial charge in [-0.3, -0.25) is 0 Å². The Balaban J connectivity index is 3.00. The summed E-state index contributed by atoms with van der Waals surface area (Å²) in [7, 11) is 2.18.